The van der Waals surface area contributed by atoms with Crippen LogP contribution in [-0.4, -0.2) is 33.5 Å². The van der Waals surface area contributed by atoms with E-state index < -0.39 is 5.97 Å². The average molecular weight is 305 g/mol. The van der Waals surface area contributed by atoms with Crippen molar-refractivity contribution in [3.8, 4) is 0 Å². The molecule has 6 nitrogen and oxygen atoms in total. The van der Waals surface area contributed by atoms with E-state index in [0.717, 1.165) is 11.4 Å². The van der Waals surface area contributed by atoms with Gasteiger partial charge in [0.15, 0.2) is 0 Å². The first kappa shape index (κ1) is 15.1. The second kappa shape index (κ2) is 6.94. The number of nitrogens with one attached hydrogen (secondary N) is 1. The monoisotopic (exact) mass is 305 g/mol. The number of aromatic carboxylic acids is 1. The normalized spacial score (nSPS) is 10.3. The summed E-state index contributed by atoms with van der Waals surface area (Å²) in [6.07, 6.45) is 3.45. The average Bonchev–Trinajstić information content (AvgIpc) is 2.95. The molecule has 0 saturated heterocycles. The molecular weight excluding hydrogens is 290 g/mol. The van der Waals surface area contributed by atoms with E-state index in [9.17, 15) is 9.59 Å². The van der Waals surface area contributed by atoms with Crippen LogP contribution in [0.25, 0.3) is 0 Å². The highest BCUT2D eigenvalue weighted by Crippen LogP contribution is 2.13. The van der Waals surface area contributed by atoms with Gasteiger partial charge in [0.1, 0.15) is 11.4 Å². The Bertz CT molecular complexity index is 654. The fourth-order valence-corrected chi connectivity index (χ4v) is 2.54. The van der Waals surface area contributed by atoms with Gasteiger partial charge in [-0.3, -0.25) is 4.79 Å². The van der Waals surface area contributed by atoms with Crippen LogP contribution in [0.5, 0.6) is 0 Å². The summed E-state index contributed by atoms with van der Waals surface area (Å²) in [6, 6.07) is 4.33. The SMILES string of the molecule is CCc1cnc(CCNC(=O)c2cccc(C(=O)O)n2)s1. The minimum atomic E-state index is -1.15. The second-order valence-electron chi connectivity index (χ2n) is 4.29. The topological polar surface area (TPSA) is 92.2 Å². The zero-order chi connectivity index (χ0) is 15.2. The molecule has 1 amide bonds. The molecule has 7 heteroatoms. The third kappa shape index (κ3) is 4.09. The van der Waals surface area contributed by atoms with Gasteiger partial charge in [-0.15, -0.1) is 11.3 Å². The minimum absolute atomic E-state index is 0.100. The lowest BCUT2D eigenvalue weighted by Gasteiger charge is -2.04. The molecule has 0 atom stereocenters. The number of rotatable bonds is 6. The number of pyridine rings is 1. The summed E-state index contributed by atoms with van der Waals surface area (Å²) < 4.78 is 0. The van der Waals surface area contributed by atoms with E-state index in [1.54, 1.807) is 11.3 Å². The van der Waals surface area contributed by atoms with E-state index in [0.29, 0.717) is 13.0 Å². The molecule has 0 aliphatic heterocycles. The number of nitrogens with zero attached hydrogens (tertiary/aromatic N) is 2. The summed E-state index contributed by atoms with van der Waals surface area (Å²) in [6.45, 7) is 2.51. The summed E-state index contributed by atoms with van der Waals surface area (Å²) in [7, 11) is 0. The van der Waals surface area contributed by atoms with E-state index in [1.165, 1.54) is 23.1 Å². The van der Waals surface area contributed by atoms with Crippen LogP contribution in [-0.2, 0) is 12.8 Å². The number of amides is 1. The van der Waals surface area contributed by atoms with E-state index in [-0.39, 0.29) is 17.3 Å². The molecule has 110 valence electrons. The lowest BCUT2D eigenvalue weighted by atomic mass is 10.3. The van der Waals surface area contributed by atoms with Gasteiger partial charge in [-0.05, 0) is 18.6 Å². The Kier molecular flexibility index (Phi) is 4.99. The number of carboxylic acid groups (broad SMARTS) is 1. The molecule has 0 saturated carbocycles. The van der Waals surface area contributed by atoms with Gasteiger partial charge in [0.2, 0.25) is 0 Å². The van der Waals surface area contributed by atoms with Gasteiger partial charge < -0.3 is 10.4 Å². The fourth-order valence-electron chi connectivity index (χ4n) is 1.68. The summed E-state index contributed by atoms with van der Waals surface area (Å²) in [5.41, 5.74) is -0.0431. The highest BCUT2D eigenvalue weighted by Gasteiger charge is 2.11. The number of carbonyl (C=O) groups is 2. The Morgan fingerprint density at radius 1 is 1.33 bits per heavy atom. The van der Waals surface area contributed by atoms with Crippen LogP contribution in [0.1, 0.15) is 37.8 Å². The van der Waals surface area contributed by atoms with E-state index >= 15 is 0 Å². The Morgan fingerprint density at radius 2 is 2.10 bits per heavy atom. The number of thiazole rings is 1. The summed E-state index contributed by atoms with van der Waals surface area (Å²) in [5.74, 6) is -1.54. The van der Waals surface area contributed by atoms with E-state index in [2.05, 4.69) is 22.2 Å². The molecule has 0 spiro atoms. The van der Waals surface area contributed by atoms with Gasteiger partial charge in [0.25, 0.3) is 5.91 Å². The molecule has 0 aromatic carbocycles. The molecular formula is C14H15N3O3S. The number of carbonyl (C=O) groups excluding carboxylic acids is 1. The second-order valence-corrected chi connectivity index (χ2v) is 5.49. The van der Waals surface area contributed by atoms with E-state index in [1.807, 2.05) is 6.20 Å². The molecule has 0 unspecified atom stereocenters. The number of aryl methyl sites for hydroxylation is 1. The van der Waals surface area contributed by atoms with Crippen LogP contribution in [0, 0.1) is 0 Å². The van der Waals surface area contributed by atoms with Crippen LogP contribution in [0.2, 0.25) is 0 Å². The minimum Gasteiger partial charge on any atom is -0.477 e. The Morgan fingerprint density at radius 3 is 2.76 bits per heavy atom. The van der Waals surface area contributed by atoms with Gasteiger partial charge in [-0.2, -0.15) is 0 Å². The summed E-state index contributed by atoms with van der Waals surface area (Å²) in [4.78, 5) is 32.0. The highest BCUT2D eigenvalue weighted by atomic mass is 32.1. The number of hydrogen-bond acceptors (Lipinski definition) is 5. The van der Waals surface area contributed by atoms with Gasteiger partial charge in [-0.25, -0.2) is 14.8 Å². The van der Waals surface area contributed by atoms with Crippen LogP contribution in [0.3, 0.4) is 0 Å². The van der Waals surface area contributed by atoms with Crippen molar-refractivity contribution in [1.82, 2.24) is 15.3 Å². The molecule has 2 heterocycles. The maximum atomic E-state index is 11.9. The third-order valence-electron chi connectivity index (χ3n) is 2.78. The maximum absolute atomic E-state index is 11.9. The van der Waals surface area contributed by atoms with Crippen molar-refractivity contribution in [3.63, 3.8) is 0 Å². The quantitative estimate of drug-likeness (QED) is 0.848. The molecule has 2 aromatic rings. The number of hydrogen-bond donors (Lipinski definition) is 2. The van der Waals surface area contributed by atoms with Crippen LogP contribution >= 0.6 is 11.3 Å². The largest absolute Gasteiger partial charge is 0.477 e. The van der Waals surface area contributed by atoms with Crippen molar-refractivity contribution >= 4 is 23.2 Å². The van der Waals surface area contributed by atoms with Gasteiger partial charge >= 0.3 is 5.97 Å². The number of carboxylic acids is 1. The van der Waals surface area contributed by atoms with Crippen molar-refractivity contribution in [2.45, 2.75) is 19.8 Å². The first-order valence-electron chi connectivity index (χ1n) is 6.52. The Hall–Kier alpha value is -2.28. The molecule has 2 N–H and O–H groups in total. The summed E-state index contributed by atoms with van der Waals surface area (Å²) in [5, 5.41) is 12.5. The molecule has 0 radical (unpaired) electrons. The fraction of sp³-hybridized carbons (Fsp3) is 0.286. The van der Waals surface area contributed by atoms with E-state index in [4.69, 9.17) is 5.11 Å². The highest BCUT2D eigenvalue weighted by molar-refractivity contribution is 7.11. The first-order chi connectivity index (χ1) is 10.1. The standard InChI is InChI=1S/C14H15N3O3S/c1-2-9-8-16-12(21-9)6-7-15-13(18)10-4-3-5-11(17-10)14(19)20/h3-5,8H,2,6-7H2,1H3,(H,15,18)(H,19,20). The molecule has 0 bridgehead atoms. The lowest BCUT2D eigenvalue weighted by molar-refractivity contribution is 0.0690. The van der Waals surface area contributed by atoms with Crippen molar-refractivity contribution < 1.29 is 14.7 Å². The molecule has 0 aliphatic rings. The molecule has 21 heavy (non-hydrogen) atoms. The van der Waals surface area contributed by atoms with Crippen molar-refractivity contribution in [2.24, 2.45) is 0 Å². The van der Waals surface area contributed by atoms with Crippen LogP contribution in [0.4, 0.5) is 0 Å². The lowest BCUT2D eigenvalue weighted by Crippen LogP contribution is -2.27. The van der Waals surface area contributed by atoms with Crippen molar-refractivity contribution in [2.75, 3.05) is 6.54 Å². The van der Waals surface area contributed by atoms with Gasteiger partial charge in [0.05, 0.1) is 5.01 Å². The predicted molar refractivity (Wildman–Crippen MR) is 78.7 cm³/mol. The zero-order valence-corrected chi connectivity index (χ0v) is 12.3. The first-order valence-corrected chi connectivity index (χ1v) is 7.34. The van der Waals surface area contributed by atoms with Crippen molar-refractivity contribution in [1.29, 1.82) is 0 Å². The molecule has 2 rings (SSSR count). The molecule has 0 aliphatic carbocycles. The Balaban J connectivity index is 1.89. The Labute approximate surface area is 125 Å². The van der Waals surface area contributed by atoms with Crippen LogP contribution in [0.15, 0.2) is 24.4 Å². The van der Waals surface area contributed by atoms with Crippen molar-refractivity contribution in [3.05, 3.63) is 45.7 Å². The summed E-state index contributed by atoms with van der Waals surface area (Å²) >= 11 is 1.63. The molecule has 0 fully saturated rings. The smallest absolute Gasteiger partial charge is 0.354 e. The van der Waals surface area contributed by atoms with Gasteiger partial charge in [0, 0.05) is 24.0 Å². The predicted octanol–water partition coefficient (Wildman–Crippen LogP) is 1.77. The number of aromatic nitrogens is 2. The molecule has 2 aromatic heterocycles. The van der Waals surface area contributed by atoms with Crippen LogP contribution < -0.4 is 5.32 Å². The zero-order valence-electron chi connectivity index (χ0n) is 11.5. The third-order valence-corrected chi connectivity index (χ3v) is 3.98. The van der Waals surface area contributed by atoms with Gasteiger partial charge in [-0.1, -0.05) is 13.0 Å². The maximum Gasteiger partial charge on any atom is 0.354 e.